The molecular formula is C12H18FP. The highest BCUT2D eigenvalue weighted by Gasteiger charge is 2.22. The Morgan fingerprint density at radius 3 is 2.79 bits per heavy atom. The van der Waals surface area contributed by atoms with Crippen LogP contribution in [0.4, 0.5) is 4.39 Å². The number of hydrogen-bond donors (Lipinski definition) is 0. The van der Waals surface area contributed by atoms with E-state index < -0.39 is 6.89 Å². The lowest BCUT2D eigenvalue weighted by molar-refractivity contribution is 0.622. The maximum Gasteiger partial charge on any atom is 0.126 e. The van der Waals surface area contributed by atoms with Crippen LogP contribution in [0.1, 0.15) is 25.7 Å². The molecule has 0 nitrogen and oxygen atoms in total. The maximum absolute atomic E-state index is 13.4. The zero-order valence-electron chi connectivity index (χ0n) is 8.96. The Labute approximate surface area is 85.9 Å². The highest BCUT2D eigenvalue weighted by Crippen LogP contribution is 2.46. The molecule has 0 N–H and O–H groups in total. The van der Waals surface area contributed by atoms with Crippen molar-refractivity contribution in [2.24, 2.45) is 5.92 Å². The third-order valence-electron chi connectivity index (χ3n) is 2.92. The van der Waals surface area contributed by atoms with E-state index in [2.05, 4.69) is 19.1 Å². The van der Waals surface area contributed by atoms with E-state index in [9.17, 15) is 4.39 Å². The third-order valence-corrected chi connectivity index (χ3v) is 4.81. The number of hydrogen-bond acceptors (Lipinski definition) is 0. The van der Waals surface area contributed by atoms with Gasteiger partial charge in [0.05, 0.1) is 0 Å². The fourth-order valence-electron chi connectivity index (χ4n) is 1.82. The molecule has 0 aromatic rings. The lowest BCUT2D eigenvalue weighted by atomic mass is 10.1. The monoisotopic (exact) mass is 212 g/mol. The second-order valence-electron chi connectivity index (χ2n) is 4.93. The van der Waals surface area contributed by atoms with Crippen LogP contribution in [0.3, 0.4) is 0 Å². The number of rotatable bonds is 3. The van der Waals surface area contributed by atoms with Gasteiger partial charge in [-0.25, -0.2) is 4.39 Å². The lowest BCUT2D eigenvalue weighted by Crippen LogP contribution is -1.93. The average Bonchev–Trinajstić information content (AvgIpc) is 2.90. The Morgan fingerprint density at radius 2 is 2.14 bits per heavy atom. The standard InChI is InChI=1S/C12H18FP/c1-14(2)8-7-12(13)11(9-14)6-5-10-3-4-10/h7-10H,3-6H2,1-2H3. The Bertz CT molecular complexity index is 339. The normalized spacial score (nSPS) is 25.1. The summed E-state index contributed by atoms with van der Waals surface area (Å²) in [5.74, 6) is 5.13. The van der Waals surface area contributed by atoms with Crippen LogP contribution in [0.5, 0.6) is 0 Å². The summed E-state index contributed by atoms with van der Waals surface area (Å²) in [6, 6.07) is 0. The van der Waals surface area contributed by atoms with Crippen LogP contribution in [0.2, 0.25) is 0 Å². The predicted octanol–water partition coefficient (Wildman–Crippen LogP) is 4.01. The molecule has 2 aliphatic rings. The largest absolute Gasteiger partial charge is 0.207 e. The average molecular weight is 212 g/mol. The topological polar surface area (TPSA) is 0 Å². The minimum atomic E-state index is -1.07. The van der Waals surface area contributed by atoms with Crippen molar-refractivity contribution in [1.29, 1.82) is 0 Å². The van der Waals surface area contributed by atoms with Crippen LogP contribution < -0.4 is 0 Å². The molecule has 78 valence electrons. The molecule has 0 spiro atoms. The first-order valence-corrected chi connectivity index (χ1v) is 8.16. The van der Waals surface area contributed by atoms with E-state index >= 15 is 0 Å². The molecule has 14 heavy (non-hydrogen) atoms. The summed E-state index contributed by atoms with van der Waals surface area (Å²) in [6.45, 7) is 3.39. The summed E-state index contributed by atoms with van der Waals surface area (Å²) in [7, 11) is 0. The van der Waals surface area contributed by atoms with Gasteiger partial charge in [-0.2, -0.15) is 0 Å². The molecule has 0 aromatic heterocycles. The van der Waals surface area contributed by atoms with Gasteiger partial charge in [0.2, 0.25) is 0 Å². The zero-order chi connectivity index (χ0) is 10.2. The molecule has 1 heterocycles. The molecular weight excluding hydrogens is 194 g/mol. The van der Waals surface area contributed by atoms with Gasteiger partial charge in [-0.15, -0.1) is 0 Å². The molecule has 0 amide bonds. The molecule has 0 aromatic carbocycles. The smallest absolute Gasteiger partial charge is 0.126 e. The Kier molecular flexibility index (Phi) is 2.70. The molecule has 2 heteroatoms. The molecule has 0 unspecified atom stereocenters. The van der Waals surface area contributed by atoms with Gasteiger partial charge in [0.25, 0.3) is 0 Å². The quantitative estimate of drug-likeness (QED) is 0.620. The minimum absolute atomic E-state index is 0.00461. The first-order valence-electron chi connectivity index (χ1n) is 5.34. The molecule has 0 bridgehead atoms. The third kappa shape index (κ3) is 2.60. The molecule has 0 radical (unpaired) electrons. The van der Waals surface area contributed by atoms with E-state index in [0.717, 1.165) is 17.9 Å². The van der Waals surface area contributed by atoms with Crippen molar-refractivity contribution < 1.29 is 4.39 Å². The molecule has 1 aliphatic heterocycles. The van der Waals surface area contributed by atoms with Gasteiger partial charge < -0.3 is 0 Å². The second kappa shape index (κ2) is 3.70. The van der Waals surface area contributed by atoms with Gasteiger partial charge in [-0.1, -0.05) is 31.3 Å². The highest BCUT2D eigenvalue weighted by molar-refractivity contribution is 7.76. The van der Waals surface area contributed by atoms with Crippen molar-refractivity contribution in [2.75, 3.05) is 13.3 Å². The minimum Gasteiger partial charge on any atom is -0.207 e. The van der Waals surface area contributed by atoms with E-state index in [1.807, 2.05) is 5.80 Å². The summed E-state index contributed by atoms with van der Waals surface area (Å²) in [5, 5.41) is 0. The number of halogens is 1. The summed E-state index contributed by atoms with van der Waals surface area (Å²) in [5.41, 5.74) is 0.970. The molecule has 1 aliphatic carbocycles. The fraction of sp³-hybridized carbons (Fsp3) is 0.583. The van der Waals surface area contributed by atoms with Gasteiger partial charge in [0.15, 0.2) is 0 Å². The van der Waals surface area contributed by atoms with E-state index in [1.165, 1.54) is 19.3 Å². The zero-order valence-corrected chi connectivity index (χ0v) is 9.86. The van der Waals surface area contributed by atoms with Crippen LogP contribution in [0.15, 0.2) is 23.3 Å². The Hall–Kier alpha value is -0.290. The summed E-state index contributed by atoms with van der Waals surface area (Å²) >= 11 is 0. The first-order chi connectivity index (χ1) is 6.57. The molecule has 1 fully saturated rings. The van der Waals surface area contributed by atoms with Gasteiger partial charge in [0.1, 0.15) is 5.83 Å². The second-order valence-corrected chi connectivity index (χ2v) is 8.74. The summed E-state index contributed by atoms with van der Waals surface area (Å²) in [4.78, 5) is 0. The summed E-state index contributed by atoms with van der Waals surface area (Å²) < 4.78 is 13.4. The van der Waals surface area contributed by atoms with Crippen molar-refractivity contribution in [3.63, 3.8) is 0 Å². The van der Waals surface area contributed by atoms with Crippen LogP contribution in [0.25, 0.3) is 0 Å². The van der Waals surface area contributed by atoms with Crippen molar-refractivity contribution in [1.82, 2.24) is 0 Å². The predicted molar refractivity (Wildman–Crippen MR) is 64.1 cm³/mol. The molecule has 0 atom stereocenters. The van der Waals surface area contributed by atoms with Crippen molar-refractivity contribution in [3.8, 4) is 0 Å². The first kappa shape index (κ1) is 10.2. The lowest BCUT2D eigenvalue weighted by Gasteiger charge is -2.16. The van der Waals surface area contributed by atoms with Crippen molar-refractivity contribution in [2.45, 2.75) is 25.7 Å². The Morgan fingerprint density at radius 1 is 1.43 bits per heavy atom. The molecule has 0 saturated heterocycles. The maximum atomic E-state index is 13.4. The van der Waals surface area contributed by atoms with Crippen LogP contribution in [0, 0.1) is 5.92 Å². The SMILES string of the molecule is CP1(C)=CC=C(F)C(CCC2CC2)=C1. The number of allylic oxidation sites excluding steroid dienone is 3. The molecule has 1 saturated carbocycles. The van der Waals surface area contributed by atoms with E-state index in [4.69, 9.17) is 0 Å². The van der Waals surface area contributed by atoms with Gasteiger partial charge in [-0.05, 0) is 43.7 Å². The van der Waals surface area contributed by atoms with E-state index in [1.54, 1.807) is 6.08 Å². The highest BCUT2D eigenvalue weighted by atomic mass is 31.2. The molecule has 2 rings (SSSR count). The fourth-order valence-corrected chi connectivity index (χ4v) is 3.48. The van der Waals surface area contributed by atoms with Crippen molar-refractivity contribution in [3.05, 3.63) is 23.3 Å². The van der Waals surface area contributed by atoms with Gasteiger partial charge in [0, 0.05) is 0 Å². The Balaban J connectivity index is 2.05. The van der Waals surface area contributed by atoms with Crippen molar-refractivity contribution >= 4 is 12.7 Å². The summed E-state index contributed by atoms with van der Waals surface area (Å²) in [6.07, 6.45) is 6.54. The van der Waals surface area contributed by atoms with Gasteiger partial charge >= 0.3 is 0 Å². The van der Waals surface area contributed by atoms with Gasteiger partial charge in [-0.3, -0.25) is 0 Å². The van der Waals surface area contributed by atoms with E-state index in [-0.39, 0.29) is 5.83 Å². The van der Waals surface area contributed by atoms with E-state index in [0.29, 0.717) is 0 Å². The van der Waals surface area contributed by atoms with Crippen LogP contribution in [-0.2, 0) is 0 Å². The van der Waals surface area contributed by atoms with Crippen LogP contribution >= 0.6 is 6.89 Å². The van der Waals surface area contributed by atoms with Crippen LogP contribution in [-0.4, -0.2) is 19.1 Å².